The predicted molar refractivity (Wildman–Crippen MR) is 74.3 cm³/mol. The molecule has 2 N–H and O–H groups in total. The largest absolute Gasteiger partial charge is 0.478 e. The van der Waals surface area contributed by atoms with E-state index in [1.807, 2.05) is 30.3 Å². The molecule has 0 bridgehead atoms. The monoisotopic (exact) mass is 254 g/mol. The lowest BCUT2D eigenvalue weighted by molar-refractivity contribution is -0.130. The Hall–Kier alpha value is -2.39. The quantitative estimate of drug-likeness (QED) is 0.651. The Morgan fingerprint density at radius 1 is 1.00 bits per heavy atom. The molecule has 0 radical (unpaired) electrons. The van der Waals surface area contributed by atoms with Crippen molar-refractivity contribution in [3.05, 3.63) is 71.3 Å². The number of rotatable bonds is 4. The van der Waals surface area contributed by atoms with Gasteiger partial charge in [0.2, 0.25) is 0 Å². The third-order valence-corrected chi connectivity index (χ3v) is 2.79. The van der Waals surface area contributed by atoms with Crippen molar-refractivity contribution >= 4 is 17.6 Å². The Labute approximate surface area is 111 Å². The Kier molecular flexibility index (Phi) is 4.11. The molecule has 0 aromatic heterocycles. The van der Waals surface area contributed by atoms with Gasteiger partial charge in [0.1, 0.15) is 0 Å². The highest BCUT2D eigenvalue weighted by atomic mass is 16.4. The third-order valence-electron chi connectivity index (χ3n) is 2.79. The third kappa shape index (κ3) is 3.30. The van der Waals surface area contributed by atoms with Crippen molar-refractivity contribution in [1.82, 2.24) is 0 Å². The number of carbonyl (C=O) groups is 1. The number of carboxylic acids is 1. The van der Waals surface area contributed by atoms with E-state index in [0.29, 0.717) is 5.56 Å². The van der Waals surface area contributed by atoms with Gasteiger partial charge in [-0.3, -0.25) is 0 Å². The molecular formula is C16H14O3. The van der Waals surface area contributed by atoms with Gasteiger partial charge in [0.15, 0.2) is 0 Å². The maximum atomic E-state index is 11.3. The lowest BCUT2D eigenvalue weighted by Gasteiger charge is -2.04. The molecule has 0 aliphatic rings. The summed E-state index contributed by atoms with van der Waals surface area (Å²) in [7, 11) is 0. The topological polar surface area (TPSA) is 57.5 Å². The summed E-state index contributed by atoms with van der Waals surface area (Å²) in [5.41, 5.74) is 2.45. The van der Waals surface area contributed by atoms with Crippen LogP contribution in [0.3, 0.4) is 0 Å². The average molecular weight is 254 g/mol. The molecule has 0 aliphatic carbocycles. The predicted octanol–water partition coefficient (Wildman–Crippen LogP) is 2.80. The number of hydrogen-bond acceptors (Lipinski definition) is 2. The first-order chi connectivity index (χ1) is 9.20. The van der Waals surface area contributed by atoms with E-state index in [9.17, 15) is 9.90 Å². The molecule has 2 aromatic carbocycles. The van der Waals surface area contributed by atoms with Gasteiger partial charge in [-0.25, -0.2) is 4.79 Å². The van der Waals surface area contributed by atoms with Crippen LogP contribution in [-0.2, 0) is 11.4 Å². The molecule has 96 valence electrons. The summed E-state index contributed by atoms with van der Waals surface area (Å²) in [6.07, 6.45) is 1.64. The van der Waals surface area contributed by atoms with E-state index < -0.39 is 5.97 Å². The highest BCUT2D eigenvalue weighted by Crippen LogP contribution is 2.19. The van der Waals surface area contributed by atoms with E-state index in [1.165, 1.54) is 0 Å². The maximum Gasteiger partial charge on any atom is 0.336 e. The molecular weight excluding hydrogens is 240 g/mol. The summed E-state index contributed by atoms with van der Waals surface area (Å²) in [6, 6.07) is 16.2. The van der Waals surface area contributed by atoms with Crippen molar-refractivity contribution in [3.63, 3.8) is 0 Å². The first-order valence-corrected chi connectivity index (χ1v) is 5.91. The molecule has 0 unspecified atom stereocenters. The maximum absolute atomic E-state index is 11.3. The molecule has 0 amide bonds. The van der Waals surface area contributed by atoms with Gasteiger partial charge in [0.05, 0.1) is 12.2 Å². The fourth-order valence-corrected chi connectivity index (χ4v) is 1.77. The molecule has 0 saturated carbocycles. The summed E-state index contributed by atoms with van der Waals surface area (Å²) in [4.78, 5) is 11.3. The molecule has 0 fully saturated rings. The Morgan fingerprint density at radius 2 is 1.63 bits per heavy atom. The molecule has 2 aromatic rings. The SMILES string of the molecule is O=C(O)/C(=C/c1ccccc1)c1ccc(CO)cc1. The van der Waals surface area contributed by atoms with Crippen LogP contribution in [0, 0.1) is 0 Å². The zero-order chi connectivity index (χ0) is 13.7. The van der Waals surface area contributed by atoms with Crippen molar-refractivity contribution < 1.29 is 15.0 Å². The molecule has 3 nitrogen and oxygen atoms in total. The number of aliphatic hydroxyl groups excluding tert-OH is 1. The van der Waals surface area contributed by atoms with E-state index >= 15 is 0 Å². The van der Waals surface area contributed by atoms with Gasteiger partial charge in [-0.15, -0.1) is 0 Å². The van der Waals surface area contributed by atoms with Crippen molar-refractivity contribution in [1.29, 1.82) is 0 Å². The van der Waals surface area contributed by atoms with Gasteiger partial charge < -0.3 is 10.2 Å². The summed E-state index contributed by atoms with van der Waals surface area (Å²) < 4.78 is 0. The summed E-state index contributed by atoms with van der Waals surface area (Å²) in [5, 5.41) is 18.3. The first kappa shape index (κ1) is 13.1. The van der Waals surface area contributed by atoms with Gasteiger partial charge in [-0.1, -0.05) is 54.6 Å². The lowest BCUT2D eigenvalue weighted by atomic mass is 10.0. The van der Waals surface area contributed by atoms with Crippen LogP contribution in [0.15, 0.2) is 54.6 Å². The molecule has 0 heterocycles. The van der Waals surface area contributed by atoms with Gasteiger partial charge in [0.25, 0.3) is 0 Å². The van der Waals surface area contributed by atoms with Crippen LogP contribution in [0.4, 0.5) is 0 Å². The van der Waals surface area contributed by atoms with E-state index in [-0.39, 0.29) is 12.2 Å². The van der Waals surface area contributed by atoms with Crippen LogP contribution in [0.1, 0.15) is 16.7 Å². The fraction of sp³-hybridized carbons (Fsp3) is 0.0625. The number of aliphatic carboxylic acids is 1. The minimum Gasteiger partial charge on any atom is -0.478 e. The number of hydrogen-bond donors (Lipinski definition) is 2. The van der Waals surface area contributed by atoms with E-state index in [0.717, 1.165) is 11.1 Å². The van der Waals surface area contributed by atoms with Crippen LogP contribution < -0.4 is 0 Å². The Bertz CT molecular complexity index is 583. The second kappa shape index (κ2) is 5.98. The highest BCUT2D eigenvalue weighted by Gasteiger charge is 2.10. The number of benzene rings is 2. The van der Waals surface area contributed by atoms with Crippen LogP contribution in [-0.4, -0.2) is 16.2 Å². The van der Waals surface area contributed by atoms with E-state index in [4.69, 9.17) is 5.11 Å². The number of carboxylic acid groups (broad SMARTS) is 1. The zero-order valence-corrected chi connectivity index (χ0v) is 10.3. The van der Waals surface area contributed by atoms with Crippen LogP contribution in [0.25, 0.3) is 11.6 Å². The molecule has 3 heteroatoms. The summed E-state index contributed by atoms with van der Waals surface area (Å²) >= 11 is 0. The molecule has 0 spiro atoms. The van der Waals surface area contributed by atoms with Crippen LogP contribution in [0.2, 0.25) is 0 Å². The average Bonchev–Trinajstić information content (AvgIpc) is 2.46. The smallest absolute Gasteiger partial charge is 0.336 e. The standard InChI is InChI=1S/C16H14O3/c17-11-13-6-8-14(9-7-13)15(16(18)19)10-12-4-2-1-3-5-12/h1-10,17H,11H2,(H,18,19)/b15-10+. The second-order valence-electron chi connectivity index (χ2n) is 4.13. The van der Waals surface area contributed by atoms with Crippen molar-refractivity contribution in [2.75, 3.05) is 0 Å². The van der Waals surface area contributed by atoms with Crippen molar-refractivity contribution in [2.45, 2.75) is 6.61 Å². The molecule has 19 heavy (non-hydrogen) atoms. The van der Waals surface area contributed by atoms with E-state index in [1.54, 1.807) is 30.3 Å². The summed E-state index contributed by atoms with van der Waals surface area (Å²) in [6.45, 7) is -0.0505. The summed E-state index contributed by atoms with van der Waals surface area (Å²) in [5.74, 6) is -0.972. The Morgan fingerprint density at radius 3 is 2.16 bits per heavy atom. The molecule has 0 saturated heterocycles. The van der Waals surface area contributed by atoms with Crippen molar-refractivity contribution in [3.8, 4) is 0 Å². The van der Waals surface area contributed by atoms with Crippen molar-refractivity contribution in [2.24, 2.45) is 0 Å². The number of aliphatic hydroxyl groups is 1. The van der Waals surface area contributed by atoms with Gasteiger partial charge >= 0.3 is 5.97 Å². The molecule has 0 aliphatic heterocycles. The van der Waals surface area contributed by atoms with Gasteiger partial charge in [-0.05, 0) is 22.8 Å². The van der Waals surface area contributed by atoms with Crippen LogP contribution >= 0.6 is 0 Å². The highest BCUT2D eigenvalue weighted by molar-refractivity contribution is 6.20. The minimum atomic E-state index is -0.972. The second-order valence-corrected chi connectivity index (χ2v) is 4.13. The van der Waals surface area contributed by atoms with Gasteiger partial charge in [0, 0.05) is 0 Å². The van der Waals surface area contributed by atoms with Crippen LogP contribution in [0.5, 0.6) is 0 Å². The molecule has 2 rings (SSSR count). The fourth-order valence-electron chi connectivity index (χ4n) is 1.77. The van der Waals surface area contributed by atoms with E-state index in [2.05, 4.69) is 0 Å². The zero-order valence-electron chi connectivity index (χ0n) is 10.3. The molecule has 0 atom stereocenters. The lowest BCUT2D eigenvalue weighted by Crippen LogP contribution is -1.99. The van der Waals surface area contributed by atoms with Gasteiger partial charge in [-0.2, -0.15) is 0 Å². The Balaban J connectivity index is 2.40. The minimum absolute atomic E-state index is 0.0505. The normalized spacial score (nSPS) is 11.3. The first-order valence-electron chi connectivity index (χ1n) is 5.91.